The maximum atomic E-state index is 12.6. The summed E-state index contributed by atoms with van der Waals surface area (Å²) in [5.41, 5.74) is 4.56. The quantitative estimate of drug-likeness (QED) is 0.895. The van der Waals surface area contributed by atoms with Crippen molar-refractivity contribution in [2.45, 2.75) is 12.6 Å². The van der Waals surface area contributed by atoms with E-state index in [4.69, 9.17) is 5.73 Å². The van der Waals surface area contributed by atoms with Gasteiger partial charge in [-0.1, -0.05) is 0 Å². The lowest BCUT2D eigenvalue weighted by Gasteiger charge is -2.34. The minimum absolute atomic E-state index is 0.151. The zero-order valence-corrected chi connectivity index (χ0v) is 11.1. The molecule has 0 bridgehead atoms. The Bertz CT molecular complexity index is 429. The van der Waals surface area contributed by atoms with Gasteiger partial charge < -0.3 is 10.6 Å². The van der Waals surface area contributed by atoms with Crippen LogP contribution in [0.2, 0.25) is 0 Å². The molecule has 0 atom stereocenters. The van der Waals surface area contributed by atoms with Gasteiger partial charge >= 0.3 is 6.18 Å². The molecule has 0 aromatic carbocycles. The van der Waals surface area contributed by atoms with E-state index in [-0.39, 0.29) is 5.95 Å². The molecule has 0 amide bonds. The molecular formula is C12H18F3N5. The molecule has 0 radical (unpaired) electrons. The summed E-state index contributed by atoms with van der Waals surface area (Å²) in [5, 5.41) is 0. The zero-order valence-electron chi connectivity index (χ0n) is 11.1. The summed E-state index contributed by atoms with van der Waals surface area (Å²) in [6, 6.07) is 0.890. The van der Waals surface area contributed by atoms with Gasteiger partial charge in [0.1, 0.15) is 5.69 Å². The summed E-state index contributed by atoms with van der Waals surface area (Å²) < 4.78 is 37.8. The Kier molecular flexibility index (Phi) is 4.77. The molecule has 2 N–H and O–H groups in total. The summed E-state index contributed by atoms with van der Waals surface area (Å²) in [6.45, 7) is 4.42. The van der Waals surface area contributed by atoms with E-state index in [1.807, 2.05) is 0 Å². The smallest absolute Gasteiger partial charge is 0.338 e. The molecule has 0 unspecified atom stereocenters. The average Bonchev–Trinajstić information content (AvgIpc) is 2.45. The van der Waals surface area contributed by atoms with Gasteiger partial charge in [0.25, 0.3) is 0 Å². The van der Waals surface area contributed by atoms with E-state index >= 15 is 0 Å². The van der Waals surface area contributed by atoms with Crippen LogP contribution in [0.4, 0.5) is 19.1 Å². The van der Waals surface area contributed by atoms with Crippen molar-refractivity contribution in [3.05, 3.63) is 18.0 Å². The van der Waals surface area contributed by atoms with Gasteiger partial charge in [0.2, 0.25) is 5.95 Å². The van der Waals surface area contributed by atoms with Crippen molar-refractivity contribution in [2.75, 3.05) is 44.2 Å². The third-order valence-corrected chi connectivity index (χ3v) is 3.27. The average molecular weight is 289 g/mol. The summed E-state index contributed by atoms with van der Waals surface area (Å²) in [6.07, 6.45) is -2.34. The number of halogens is 3. The molecule has 0 spiro atoms. The van der Waals surface area contributed by atoms with Crippen LogP contribution in [0.5, 0.6) is 0 Å². The van der Waals surface area contributed by atoms with Gasteiger partial charge in [0.15, 0.2) is 0 Å². The highest BCUT2D eigenvalue weighted by molar-refractivity contribution is 5.31. The van der Waals surface area contributed by atoms with Crippen molar-refractivity contribution in [3.63, 3.8) is 0 Å². The number of nitrogens with zero attached hydrogens (tertiary/aromatic N) is 4. The Morgan fingerprint density at radius 2 is 1.90 bits per heavy atom. The van der Waals surface area contributed by atoms with Gasteiger partial charge in [-0.3, -0.25) is 4.90 Å². The molecule has 20 heavy (non-hydrogen) atoms. The second-order valence-electron chi connectivity index (χ2n) is 4.71. The topological polar surface area (TPSA) is 58.3 Å². The summed E-state index contributed by atoms with van der Waals surface area (Å²) in [7, 11) is 0. The lowest BCUT2D eigenvalue weighted by atomic mass is 10.3. The number of aromatic nitrogens is 2. The van der Waals surface area contributed by atoms with Crippen LogP contribution in [0.3, 0.4) is 0 Å². The van der Waals surface area contributed by atoms with Crippen LogP contribution < -0.4 is 10.6 Å². The maximum absolute atomic E-state index is 12.6. The van der Waals surface area contributed by atoms with Crippen molar-refractivity contribution in [3.8, 4) is 0 Å². The fourth-order valence-corrected chi connectivity index (χ4v) is 2.15. The van der Waals surface area contributed by atoms with E-state index < -0.39 is 11.9 Å². The zero-order chi connectivity index (χ0) is 14.6. The number of piperazine rings is 1. The highest BCUT2D eigenvalue weighted by Gasteiger charge is 2.33. The molecular weight excluding hydrogens is 271 g/mol. The predicted octanol–water partition coefficient (Wildman–Crippen LogP) is 0.966. The Hall–Kier alpha value is -1.41. The third-order valence-electron chi connectivity index (χ3n) is 3.27. The van der Waals surface area contributed by atoms with Crippen molar-refractivity contribution < 1.29 is 13.2 Å². The Labute approximate surface area is 115 Å². The molecule has 112 valence electrons. The first-order valence-corrected chi connectivity index (χ1v) is 6.58. The molecule has 2 rings (SSSR count). The van der Waals surface area contributed by atoms with E-state index in [2.05, 4.69) is 14.9 Å². The van der Waals surface area contributed by atoms with Crippen molar-refractivity contribution >= 4 is 5.95 Å². The summed E-state index contributed by atoms with van der Waals surface area (Å²) in [4.78, 5) is 11.6. The third kappa shape index (κ3) is 3.80. The standard InChI is InChI=1S/C12H18F3N5/c13-12(14,15)10-2-4-17-11(18-10)20-8-6-19(7-9-20)5-1-3-16/h2,4H,1,3,5-9,16H2. The number of anilines is 1. The molecule has 1 aliphatic heterocycles. The number of hydrogen-bond donors (Lipinski definition) is 1. The first-order valence-electron chi connectivity index (χ1n) is 6.58. The highest BCUT2D eigenvalue weighted by Crippen LogP contribution is 2.28. The van der Waals surface area contributed by atoms with Crippen LogP contribution in [0, 0.1) is 0 Å². The number of rotatable bonds is 4. The highest BCUT2D eigenvalue weighted by atomic mass is 19.4. The molecule has 0 saturated carbocycles. The number of alkyl halides is 3. The fraction of sp³-hybridized carbons (Fsp3) is 0.667. The Balaban J connectivity index is 1.97. The van der Waals surface area contributed by atoms with Crippen LogP contribution in [-0.4, -0.2) is 54.1 Å². The predicted molar refractivity (Wildman–Crippen MR) is 69.4 cm³/mol. The van der Waals surface area contributed by atoms with Crippen molar-refractivity contribution in [1.29, 1.82) is 0 Å². The molecule has 2 heterocycles. The molecule has 0 aliphatic carbocycles. The molecule has 5 nitrogen and oxygen atoms in total. The molecule has 1 aliphatic rings. The molecule has 1 aromatic rings. The second-order valence-corrected chi connectivity index (χ2v) is 4.71. The minimum Gasteiger partial charge on any atom is -0.338 e. The Morgan fingerprint density at radius 1 is 1.20 bits per heavy atom. The van der Waals surface area contributed by atoms with Gasteiger partial charge in [0, 0.05) is 32.4 Å². The monoisotopic (exact) mass is 289 g/mol. The number of hydrogen-bond acceptors (Lipinski definition) is 5. The minimum atomic E-state index is -4.43. The summed E-state index contributed by atoms with van der Waals surface area (Å²) >= 11 is 0. The van der Waals surface area contributed by atoms with E-state index in [1.165, 1.54) is 0 Å². The lowest BCUT2D eigenvalue weighted by Crippen LogP contribution is -2.47. The van der Waals surface area contributed by atoms with Gasteiger partial charge in [-0.05, 0) is 25.6 Å². The van der Waals surface area contributed by atoms with Crippen molar-refractivity contribution in [1.82, 2.24) is 14.9 Å². The van der Waals surface area contributed by atoms with E-state index in [0.29, 0.717) is 19.6 Å². The van der Waals surface area contributed by atoms with Crippen LogP contribution in [0.15, 0.2) is 12.3 Å². The van der Waals surface area contributed by atoms with Gasteiger partial charge in [-0.25, -0.2) is 9.97 Å². The van der Waals surface area contributed by atoms with Crippen LogP contribution >= 0.6 is 0 Å². The van der Waals surface area contributed by atoms with Gasteiger partial charge in [-0.15, -0.1) is 0 Å². The van der Waals surface area contributed by atoms with Crippen LogP contribution in [0.25, 0.3) is 0 Å². The van der Waals surface area contributed by atoms with Gasteiger partial charge in [0.05, 0.1) is 0 Å². The normalized spacial score (nSPS) is 17.5. The molecule has 1 aromatic heterocycles. The lowest BCUT2D eigenvalue weighted by molar-refractivity contribution is -0.141. The van der Waals surface area contributed by atoms with Crippen LogP contribution in [0.1, 0.15) is 12.1 Å². The SMILES string of the molecule is NCCCN1CCN(c2nccc(C(F)(F)F)n2)CC1. The van der Waals surface area contributed by atoms with Gasteiger partial charge in [-0.2, -0.15) is 13.2 Å². The Morgan fingerprint density at radius 3 is 2.50 bits per heavy atom. The van der Waals surface area contributed by atoms with E-state index in [9.17, 15) is 13.2 Å². The van der Waals surface area contributed by atoms with Crippen LogP contribution in [-0.2, 0) is 6.18 Å². The van der Waals surface area contributed by atoms with Crippen molar-refractivity contribution in [2.24, 2.45) is 5.73 Å². The number of nitrogens with two attached hydrogens (primary N) is 1. The second kappa shape index (κ2) is 6.36. The first-order chi connectivity index (χ1) is 9.50. The van der Waals surface area contributed by atoms with E-state index in [1.54, 1.807) is 4.90 Å². The maximum Gasteiger partial charge on any atom is 0.433 e. The first kappa shape index (κ1) is 15.0. The molecule has 1 saturated heterocycles. The molecule has 8 heteroatoms. The largest absolute Gasteiger partial charge is 0.433 e. The van der Waals surface area contributed by atoms with E-state index in [0.717, 1.165) is 38.3 Å². The summed E-state index contributed by atoms with van der Waals surface area (Å²) in [5.74, 6) is 0.151. The molecule has 1 fully saturated rings. The fourth-order valence-electron chi connectivity index (χ4n) is 2.15.